The van der Waals surface area contributed by atoms with E-state index in [4.69, 9.17) is 0 Å². The highest BCUT2D eigenvalue weighted by Crippen LogP contribution is 2.28. The molecule has 1 aromatic heterocycles. The highest BCUT2D eigenvalue weighted by atomic mass is 32.2. The number of anilines is 1. The number of carbonyl (C=O) groups is 1. The first-order valence-corrected chi connectivity index (χ1v) is 11.5. The van der Waals surface area contributed by atoms with Gasteiger partial charge in [-0.2, -0.15) is 0 Å². The predicted octanol–water partition coefficient (Wildman–Crippen LogP) is 1.68. The normalized spacial score (nSPS) is 18.4. The number of para-hydroxylation sites is 1. The Kier molecular flexibility index (Phi) is 6.18. The summed E-state index contributed by atoms with van der Waals surface area (Å²) in [6, 6.07) is 9.28. The summed E-state index contributed by atoms with van der Waals surface area (Å²) in [6.45, 7) is 0.971. The lowest BCUT2D eigenvalue weighted by atomic mass is 9.99. The van der Waals surface area contributed by atoms with Crippen molar-refractivity contribution in [2.45, 2.75) is 23.9 Å². The van der Waals surface area contributed by atoms with Crippen LogP contribution >= 0.6 is 11.8 Å². The molecule has 1 aromatic carbocycles. The van der Waals surface area contributed by atoms with Crippen molar-refractivity contribution in [1.82, 2.24) is 19.1 Å². The van der Waals surface area contributed by atoms with Crippen LogP contribution in [0.25, 0.3) is 0 Å². The summed E-state index contributed by atoms with van der Waals surface area (Å²) in [5, 5.41) is 11.9. The molecule has 1 fully saturated rings. The molecule has 8 nitrogen and oxygen atoms in total. The topological polar surface area (TPSA) is 97.2 Å². The van der Waals surface area contributed by atoms with Crippen LogP contribution in [0.1, 0.15) is 24.6 Å². The minimum Gasteiger partial charge on any atom is -0.325 e. The Morgan fingerprint density at radius 1 is 1.30 bits per heavy atom. The Balaban J connectivity index is 1.61. The van der Waals surface area contributed by atoms with Crippen LogP contribution < -0.4 is 5.32 Å². The van der Waals surface area contributed by atoms with E-state index in [9.17, 15) is 13.2 Å². The first-order valence-electron chi connectivity index (χ1n) is 8.66. The van der Waals surface area contributed by atoms with Gasteiger partial charge in [0.1, 0.15) is 5.82 Å². The number of carbonyl (C=O) groups excluding carboxylic acids is 1. The van der Waals surface area contributed by atoms with Gasteiger partial charge in [-0.1, -0.05) is 30.0 Å². The SMILES string of the molecule is Cn1c(SCC(=O)Nc2ccccc2)nnc1C1CCCN(S(C)(=O)=O)C1. The zero-order chi connectivity index (χ0) is 19.4. The van der Waals surface area contributed by atoms with Gasteiger partial charge in [0.2, 0.25) is 15.9 Å². The monoisotopic (exact) mass is 409 g/mol. The van der Waals surface area contributed by atoms with Crippen LogP contribution in [-0.4, -0.2) is 58.5 Å². The maximum absolute atomic E-state index is 12.1. The van der Waals surface area contributed by atoms with Crippen molar-refractivity contribution in [1.29, 1.82) is 0 Å². The first-order chi connectivity index (χ1) is 12.8. The van der Waals surface area contributed by atoms with Crippen LogP contribution in [0, 0.1) is 0 Å². The Morgan fingerprint density at radius 2 is 2.04 bits per heavy atom. The van der Waals surface area contributed by atoms with Crippen LogP contribution in [0.4, 0.5) is 5.69 Å². The number of hydrogen-bond donors (Lipinski definition) is 1. The molecular weight excluding hydrogens is 386 g/mol. The van der Waals surface area contributed by atoms with Crippen molar-refractivity contribution in [3.63, 3.8) is 0 Å². The third-order valence-corrected chi connectivity index (χ3v) is 6.77. The summed E-state index contributed by atoms with van der Waals surface area (Å²) >= 11 is 1.31. The lowest BCUT2D eigenvalue weighted by Crippen LogP contribution is -2.39. The highest BCUT2D eigenvalue weighted by molar-refractivity contribution is 7.99. The number of thioether (sulfide) groups is 1. The zero-order valence-corrected chi connectivity index (χ0v) is 17.0. The Labute approximate surface area is 163 Å². The molecule has 0 saturated carbocycles. The van der Waals surface area contributed by atoms with E-state index in [0.717, 1.165) is 24.4 Å². The molecule has 1 atom stereocenters. The average Bonchev–Trinajstić information content (AvgIpc) is 3.01. The molecule has 1 saturated heterocycles. The number of hydrogen-bond acceptors (Lipinski definition) is 6. The van der Waals surface area contributed by atoms with Crippen molar-refractivity contribution in [3.8, 4) is 0 Å². The van der Waals surface area contributed by atoms with Gasteiger partial charge in [0.05, 0.1) is 12.0 Å². The summed E-state index contributed by atoms with van der Waals surface area (Å²) in [6.07, 6.45) is 2.91. The van der Waals surface area contributed by atoms with Gasteiger partial charge in [-0.25, -0.2) is 12.7 Å². The number of nitrogens with zero attached hydrogens (tertiary/aromatic N) is 4. The van der Waals surface area contributed by atoms with Crippen molar-refractivity contribution >= 4 is 33.4 Å². The van der Waals surface area contributed by atoms with E-state index >= 15 is 0 Å². The van der Waals surface area contributed by atoms with Crippen LogP contribution in [0.2, 0.25) is 0 Å². The Morgan fingerprint density at radius 3 is 2.74 bits per heavy atom. The molecule has 2 aromatic rings. The van der Waals surface area contributed by atoms with E-state index in [2.05, 4.69) is 15.5 Å². The molecule has 1 N–H and O–H groups in total. The number of benzene rings is 1. The van der Waals surface area contributed by atoms with E-state index in [1.54, 1.807) is 0 Å². The molecule has 0 spiro atoms. The maximum Gasteiger partial charge on any atom is 0.234 e. The molecule has 10 heteroatoms. The fourth-order valence-electron chi connectivity index (χ4n) is 3.11. The maximum atomic E-state index is 12.1. The quantitative estimate of drug-likeness (QED) is 0.729. The second-order valence-corrected chi connectivity index (χ2v) is 9.49. The number of sulfonamides is 1. The van der Waals surface area contributed by atoms with Crippen LogP contribution in [0.5, 0.6) is 0 Å². The number of aromatic nitrogens is 3. The minimum absolute atomic E-state index is 0.0125. The van der Waals surface area contributed by atoms with Gasteiger partial charge in [-0.05, 0) is 25.0 Å². The standard InChI is InChI=1S/C17H23N5O3S2/c1-21-16(13-7-6-10-22(11-13)27(2,24)25)19-20-17(21)26-12-15(23)18-14-8-4-3-5-9-14/h3-5,8-9,13H,6-7,10-12H2,1-2H3,(H,18,23). The average molecular weight is 410 g/mol. The molecule has 146 valence electrons. The molecule has 2 heterocycles. The van der Waals surface area contributed by atoms with Gasteiger partial charge < -0.3 is 9.88 Å². The molecule has 3 rings (SSSR count). The minimum atomic E-state index is -3.21. The van der Waals surface area contributed by atoms with Gasteiger partial charge in [0.15, 0.2) is 5.16 Å². The molecule has 1 unspecified atom stereocenters. The van der Waals surface area contributed by atoms with Crippen LogP contribution in [-0.2, 0) is 21.9 Å². The molecular formula is C17H23N5O3S2. The smallest absolute Gasteiger partial charge is 0.234 e. The second kappa shape index (κ2) is 8.41. The molecule has 0 radical (unpaired) electrons. The fraction of sp³-hybridized carbons (Fsp3) is 0.471. The highest BCUT2D eigenvalue weighted by Gasteiger charge is 2.30. The third kappa shape index (κ3) is 5.08. The van der Waals surface area contributed by atoms with Gasteiger partial charge in [0, 0.05) is 31.7 Å². The van der Waals surface area contributed by atoms with Crippen molar-refractivity contribution < 1.29 is 13.2 Å². The van der Waals surface area contributed by atoms with Crippen molar-refractivity contribution in [3.05, 3.63) is 36.2 Å². The number of rotatable bonds is 6. The predicted molar refractivity (Wildman–Crippen MR) is 105 cm³/mol. The molecule has 1 aliphatic heterocycles. The van der Waals surface area contributed by atoms with Crippen LogP contribution in [0.15, 0.2) is 35.5 Å². The molecule has 1 amide bonds. The molecule has 1 aliphatic rings. The second-order valence-electron chi connectivity index (χ2n) is 6.56. The summed E-state index contributed by atoms with van der Waals surface area (Å²) < 4.78 is 27.0. The Bertz CT molecular complexity index is 899. The summed E-state index contributed by atoms with van der Waals surface area (Å²) in [5.74, 6) is 0.880. The number of piperidine rings is 1. The lowest BCUT2D eigenvalue weighted by Gasteiger charge is -2.30. The van der Waals surface area contributed by atoms with Crippen molar-refractivity contribution in [2.24, 2.45) is 7.05 Å². The van der Waals surface area contributed by atoms with Gasteiger partial charge >= 0.3 is 0 Å². The lowest BCUT2D eigenvalue weighted by molar-refractivity contribution is -0.113. The first kappa shape index (κ1) is 19.8. The summed E-state index contributed by atoms with van der Waals surface area (Å²) in [5.41, 5.74) is 0.754. The van der Waals surface area contributed by atoms with E-state index in [0.29, 0.717) is 18.2 Å². The van der Waals surface area contributed by atoms with E-state index in [1.165, 1.54) is 22.3 Å². The zero-order valence-electron chi connectivity index (χ0n) is 15.3. The fourth-order valence-corrected chi connectivity index (χ4v) is 4.74. The number of nitrogens with one attached hydrogen (secondary N) is 1. The van der Waals surface area contributed by atoms with E-state index < -0.39 is 10.0 Å². The molecule has 27 heavy (non-hydrogen) atoms. The van der Waals surface area contributed by atoms with Crippen LogP contribution in [0.3, 0.4) is 0 Å². The van der Waals surface area contributed by atoms with E-state index in [-0.39, 0.29) is 17.6 Å². The number of amides is 1. The third-order valence-electron chi connectivity index (χ3n) is 4.48. The van der Waals surface area contributed by atoms with E-state index in [1.807, 2.05) is 41.9 Å². The van der Waals surface area contributed by atoms with Gasteiger partial charge in [-0.15, -0.1) is 10.2 Å². The largest absolute Gasteiger partial charge is 0.325 e. The van der Waals surface area contributed by atoms with Gasteiger partial charge in [0.25, 0.3) is 0 Å². The van der Waals surface area contributed by atoms with Gasteiger partial charge in [-0.3, -0.25) is 4.79 Å². The molecule has 0 bridgehead atoms. The summed E-state index contributed by atoms with van der Waals surface area (Å²) in [4.78, 5) is 12.1. The van der Waals surface area contributed by atoms with Crippen molar-refractivity contribution in [2.75, 3.05) is 30.4 Å². The summed E-state index contributed by atoms with van der Waals surface area (Å²) in [7, 11) is -1.35. The molecule has 0 aliphatic carbocycles. The Hall–Kier alpha value is -1.91.